The Morgan fingerprint density at radius 1 is 1.35 bits per heavy atom. The zero-order valence-corrected chi connectivity index (χ0v) is 11.5. The number of thioether (sulfide) groups is 1. The molecule has 0 aromatic carbocycles. The summed E-state index contributed by atoms with van der Waals surface area (Å²) in [6.45, 7) is 5.00. The Balaban J connectivity index is 2.75. The van der Waals surface area contributed by atoms with E-state index in [9.17, 15) is 0 Å². The predicted molar refractivity (Wildman–Crippen MR) is 76.7 cm³/mol. The van der Waals surface area contributed by atoms with Crippen molar-refractivity contribution in [2.24, 2.45) is 0 Å². The average molecular weight is 255 g/mol. The van der Waals surface area contributed by atoms with Crippen molar-refractivity contribution in [1.82, 2.24) is 9.97 Å². The molecule has 1 heterocycles. The van der Waals surface area contributed by atoms with Gasteiger partial charge in [-0.15, -0.1) is 0 Å². The van der Waals surface area contributed by atoms with E-state index >= 15 is 0 Å². The standard InChI is InChI=1S/C11H21N5S/c1-4-8(7-17-3)14-10-6-9(13-5-2)15-11(12)16-10/h6,8H,4-5,7H2,1-3H3,(H4,12,13,14,15,16). The molecule has 4 N–H and O–H groups in total. The Morgan fingerprint density at radius 3 is 2.65 bits per heavy atom. The fourth-order valence-electron chi connectivity index (χ4n) is 1.48. The minimum Gasteiger partial charge on any atom is -0.370 e. The van der Waals surface area contributed by atoms with Crippen LogP contribution in [0.2, 0.25) is 0 Å². The van der Waals surface area contributed by atoms with Crippen LogP contribution in [-0.2, 0) is 0 Å². The molecule has 0 fully saturated rings. The van der Waals surface area contributed by atoms with E-state index in [4.69, 9.17) is 5.73 Å². The molecule has 0 aliphatic heterocycles. The number of hydrogen-bond acceptors (Lipinski definition) is 6. The highest BCUT2D eigenvalue weighted by Gasteiger charge is 2.08. The number of anilines is 3. The number of nitrogen functional groups attached to an aromatic ring is 1. The highest BCUT2D eigenvalue weighted by Crippen LogP contribution is 2.15. The predicted octanol–water partition coefficient (Wildman–Crippen LogP) is 2.04. The van der Waals surface area contributed by atoms with Gasteiger partial charge in [0.05, 0.1) is 0 Å². The van der Waals surface area contributed by atoms with Crippen LogP contribution in [0, 0.1) is 0 Å². The van der Waals surface area contributed by atoms with E-state index in [1.165, 1.54) is 0 Å². The molecule has 96 valence electrons. The summed E-state index contributed by atoms with van der Waals surface area (Å²) in [5.41, 5.74) is 5.67. The van der Waals surface area contributed by atoms with Gasteiger partial charge >= 0.3 is 0 Å². The number of nitrogens with zero attached hydrogens (tertiary/aromatic N) is 2. The molecular weight excluding hydrogens is 234 g/mol. The van der Waals surface area contributed by atoms with E-state index in [1.807, 2.05) is 24.8 Å². The number of aromatic nitrogens is 2. The largest absolute Gasteiger partial charge is 0.370 e. The minimum atomic E-state index is 0.296. The molecule has 0 bridgehead atoms. The van der Waals surface area contributed by atoms with Crippen molar-refractivity contribution in [2.75, 3.05) is 34.9 Å². The number of nitrogens with two attached hydrogens (primary N) is 1. The van der Waals surface area contributed by atoms with Crippen LogP contribution in [-0.4, -0.2) is 34.6 Å². The molecule has 0 radical (unpaired) electrons. The smallest absolute Gasteiger partial charge is 0.223 e. The fourth-order valence-corrected chi connectivity index (χ4v) is 2.20. The number of nitrogens with one attached hydrogen (secondary N) is 2. The lowest BCUT2D eigenvalue weighted by Gasteiger charge is -2.17. The van der Waals surface area contributed by atoms with E-state index < -0.39 is 0 Å². The maximum Gasteiger partial charge on any atom is 0.223 e. The molecule has 0 aliphatic rings. The maximum atomic E-state index is 5.67. The van der Waals surface area contributed by atoms with Crippen LogP contribution in [0.4, 0.5) is 17.6 Å². The van der Waals surface area contributed by atoms with Gasteiger partial charge < -0.3 is 16.4 Å². The van der Waals surface area contributed by atoms with E-state index in [1.54, 1.807) is 0 Å². The third-order valence-corrected chi connectivity index (χ3v) is 3.05. The molecule has 1 unspecified atom stereocenters. The number of rotatable bonds is 7. The third-order valence-electron chi connectivity index (χ3n) is 2.31. The normalized spacial score (nSPS) is 12.2. The van der Waals surface area contributed by atoms with Crippen LogP contribution in [0.5, 0.6) is 0 Å². The summed E-state index contributed by atoms with van der Waals surface area (Å²) in [4.78, 5) is 8.31. The van der Waals surface area contributed by atoms with Crippen molar-refractivity contribution in [3.8, 4) is 0 Å². The highest BCUT2D eigenvalue weighted by molar-refractivity contribution is 7.98. The zero-order chi connectivity index (χ0) is 12.7. The zero-order valence-electron chi connectivity index (χ0n) is 10.7. The van der Waals surface area contributed by atoms with E-state index in [0.29, 0.717) is 12.0 Å². The van der Waals surface area contributed by atoms with Crippen molar-refractivity contribution >= 4 is 29.3 Å². The second kappa shape index (κ2) is 7.21. The number of hydrogen-bond donors (Lipinski definition) is 3. The van der Waals surface area contributed by atoms with Crippen LogP contribution in [0.25, 0.3) is 0 Å². The van der Waals surface area contributed by atoms with Gasteiger partial charge in [-0.25, -0.2) is 0 Å². The lowest BCUT2D eigenvalue weighted by atomic mass is 10.2. The van der Waals surface area contributed by atoms with Gasteiger partial charge in [-0.3, -0.25) is 0 Å². The molecule has 1 aromatic rings. The van der Waals surface area contributed by atoms with Crippen molar-refractivity contribution in [2.45, 2.75) is 26.3 Å². The quantitative estimate of drug-likeness (QED) is 0.692. The first-order valence-electron chi connectivity index (χ1n) is 5.83. The second-order valence-corrected chi connectivity index (χ2v) is 4.64. The van der Waals surface area contributed by atoms with Gasteiger partial charge in [0.25, 0.3) is 0 Å². The summed E-state index contributed by atoms with van der Waals surface area (Å²) in [5.74, 6) is 2.90. The van der Waals surface area contributed by atoms with Gasteiger partial charge in [0.15, 0.2) is 0 Å². The van der Waals surface area contributed by atoms with Crippen LogP contribution >= 0.6 is 11.8 Å². The Labute approximate surface area is 107 Å². The molecule has 0 saturated heterocycles. The Morgan fingerprint density at radius 2 is 2.06 bits per heavy atom. The van der Waals surface area contributed by atoms with Crippen LogP contribution in [0.3, 0.4) is 0 Å². The molecule has 1 atom stereocenters. The van der Waals surface area contributed by atoms with E-state index in [2.05, 4.69) is 33.8 Å². The summed E-state index contributed by atoms with van der Waals surface area (Å²) in [6, 6.07) is 2.30. The van der Waals surface area contributed by atoms with Gasteiger partial charge in [-0.1, -0.05) is 6.92 Å². The monoisotopic (exact) mass is 255 g/mol. The third kappa shape index (κ3) is 4.68. The van der Waals surface area contributed by atoms with Gasteiger partial charge in [-0.2, -0.15) is 21.7 Å². The van der Waals surface area contributed by atoms with E-state index in [-0.39, 0.29) is 0 Å². The van der Waals surface area contributed by atoms with Gasteiger partial charge in [-0.05, 0) is 19.6 Å². The summed E-state index contributed by atoms with van der Waals surface area (Å²) < 4.78 is 0. The van der Waals surface area contributed by atoms with E-state index in [0.717, 1.165) is 30.4 Å². The molecule has 6 heteroatoms. The highest BCUT2D eigenvalue weighted by atomic mass is 32.2. The minimum absolute atomic E-state index is 0.296. The molecule has 1 rings (SSSR count). The van der Waals surface area contributed by atoms with Crippen molar-refractivity contribution in [3.63, 3.8) is 0 Å². The molecule has 0 spiro atoms. The summed E-state index contributed by atoms with van der Waals surface area (Å²) in [7, 11) is 0. The lowest BCUT2D eigenvalue weighted by Crippen LogP contribution is -2.22. The molecule has 0 amide bonds. The Kier molecular flexibility index (Phi) is 5.90. The summed E-state index contributed by atoms with van der Waals surface area (Å²) in [5, 5.41) is 6.51. The van der Waals surface area contributed by atoms with Crippen molar-refractivity contribution in [1.29, 1.82) is 0 Å². The van der Waals surface area contributed by atoms with Gasteiger partial charge in [0.1, 0.15) is 11.6 Å². The summed E-state index contributed by atoms with van der Waals surface area (Å²) in [6.07, 6.45) is 3.16. The first-order chi connectivity index (χ1) is 8.19. The van der Waals surface area contributed by atoms with Gasteiger partial charge in [0, 0.05) is 24.4 Å². The van der Waals surface area contributed by atoms with Crippen LogP contribution in [0.15, 0.2) is 6.07 Å². The topological polar surface area (TPSA) is 75.9 Å². The van der Waals surface area contributed by atoms with Crippen molar-refractivity contribution < 1.29 is 0 Å². The first-order valence-corrected chi connectivity index (χ1v) is 7.22. The Bertz CT molecular complexity index is 345. The van der Waals surface area contributed by atoms with Crippen LogP contribution < -0.4 is 16.4 Å². The van der Waals surface area contributed by atoms with Gasteiger partial charge in [0.2, 0.25) is 5.95 Å². The second-order valence-electron chi connectivity index (χ2n) is 3.73. The maximum absolute atomic E-state index is 5.67. The molecule has 1 aromatic heterocycles. The molecule has 5 nitrogen and oxygen atoms in total. The molecule has 0 saturated carbocycles. The molecule has 17 heavy (non-hydrogen) atoms. The molecule has 0 aliphatic carbocycles. The fraction of sp³-hybridized carbons (Fsp3) is 0.636. The average Bonchev–Trinajstić information content (AvgIpc) is 2.28. The Hall–Kier alpha value is -1.17. The lowest BCUT2D eigenvalue weighted by molar-refractivity contribution is 0.769. The summed E-state index contributed by atoms with van der Waals surface area (Å²) >= 11 is 1.82. The molecular formula is C11H21N5S. The SMILES string of the molecule is CCNc1cc(NC(CC)CSC)nc(N)n1. The van der Waals surface area contributed by atoms with Crippen LogP contribution in [0.1, 0.15) is 20.3 Å². The first kappa shape index (κ1) is 13.9. The van der Waals surface area contributed by atoms with Crippen molar-refractivity contribution in [3.05, 3.63) is 6.07 Å².